The standard InChI is InChI=1S/C26H40BN3O4.ClH/c1-15(2)11-22(27-33-21-13-18-12-20(25(18,4)5)26(21,6)34-27)30-24(32)19(28)14-29-23(31)17-9-7-16(3)8-10-17;/h7-10,15,18-22H,11-14,28H2,1-6H3,(H,29,31)(H,30,32);1H/t18-,19-,20-,21+,22-,26-;/m0./s1. The van der Waals surface area contributed by atoms with Gasteiger partial charge in [-0.05, 0) is 68.4 Å². The molecule has 2 amide bonds. The Balaban J connectivity index is 0.00000342. The van der Waals surface area contributed by atoms with Crippen LogP contribution in [0, 0.1) is 30.1 Å². The van der Waals surface area contributed by atoms with Crippen LogP contribution in [-0.2, 0) is 14.1 Å². The number of hydrogen-bond donors (Lipinski definition) is 3. The van der Waals surface area contributed by atoms with E-state index in [2.05, 4.69) is 45.3 Å². The highest BCUT2D eigenvalue weighted by Crippen LogP contribution is 2.65. The molecule has 4 fully saturated rings. The highest BCUT2D eigenvalue weighted by molar-refractivity contribution is 6.47. The molecule has 3 saturated carbocycles. The largest absolute Gasteiger partial charge is 0.481 e. The quantitative estimate of drug-likeness (QED) is 0.471. The van der Waals surface area contributed by atoms with Crippen LogP contribution in [-0.4, -0.2) is 49.2 Å². The van der Waals surface area contributed by atoms with E-state index in [4.69, 9.17) is 15.0 Å². The van der Waals surface area contributed by atoms with E-state index < -0.39 is 13.2 Å². The molecule has 194 valence electrons. The van der Waals surface area contributed by atoms with E-state index in [9.17, 15) is 9.59 Å². The first-order valence-electron chi connectivity index (χ1n) is 12.7. The van der Waals surface area contributed by atoms with Gasteiger partial charge in [-0.25, -0.2) is 0 Å². The molecule has 0 spiro atoms. The molecule has 7 nitrogen and oxygen atoms in total. The Labute approximate surface area is 216 Å². The Kier molecular flexibility index (Phi) is 8.32. The number of carbonyl (C=O) groups is 2. The normalized spacial score (nSPS) is 29.9. The van der Waals surface area contributed by atoms with Crippen LogP contribution in [0.1, 0.15) is 69.8 Å². The van der Waals surface area contributed by atoms with Crippen LogP contribution in [0.25, 0.3) is 0 Å². The molecule has 1 aromatic carbocycles. The van der Waals surface area contributed by atoms with Gasteiger partial charge in [0.25, 0.3) is 5.91 Å². The number of carbonyl (C=O) groups excluding carboxylic acids is 2. The predicted octanol–water partition coefficient (Wildman–Crippen LogP) is 3.27. The lowest BCUT2D eigenvalue weighted by Gasteiger charge is -2.64. The van der Waals surface area contributed by atoms with Gasteiger partial charge in [-0.2, -0.15) is 0 Å². The number of halogens is 1. The van der Waals surface area contributed by atoms with Gasteiger partial charge in [-0.3, -0.25) is 9.59 Å². The fourth-order valence-electron chi connectivity index (χ4n) is 6.21. The maximum absolute atomic E-state index is 13.0. The number of aryl methyl sites for hydroxylation is 1. The first-order valence-corrected chi connectivity index (χ1v) is 12.7. The van der Waals surface area contributed by atoms with Gasteiger partial charge in [0.05, 0.1) is 17.6 Å². The molecule has 4 aliphatic rings. The monoisotopic (exact) mass is 505 g/mol. The van der Waals surface area contributed by atoms with Crippen LogP contribution in [0.5, 0.6) is 0 Å². The van der Waals surface area contributed by atoms with Gasteiger partial charge in [0.1, 0.15) is 6.04 Å². The van der Waals surface area contributed by atoms with Gasteiger partial charge in [0, 0.05) is 12.1 Å². The second kappa shape index (κ2) is 10.4. The molecule has 0 radical (unpaired) electrons. The molecule has 1 aromatic rings. The number of nitrogens with one attached hydrogen (secondary N) is 2. The number of nitrogens with two attached hydrogens (primary N) is 1. The van der Waals surface area contributed by atoms with Crippen molar-refractivity contribution < 1.29 is 18.9 Å². The molecule has 2 bridgehead atoms. The zero-order valence-electron chi connectivity index (χ0n) is 21.8. The van der Waals surface area contributed by atoms with Crippen LogP contribution < -0.4 is 16.4 Å². The van der Waals surface area contributed by atoms with E-state index in [1.807, 2.05) is 19.1 Å². The van der Waals surface area contributed by atoms with Crippen LogP contribution in [0.4, 0.5) is 0 Å². The molecule has 1 heterocycles. The Bertz CT molecular complexity index is 928. The predicted molar refractivity (Wildman–Crippen MR) is 140 cm³/mol. The third-order valence-corrected chi connectivity index (χ3v) is 8.48. The Morgan fingerprint density at radius 1 is 1.17 bits per heavy atom. The Morgan fingerprint density at radius 2 is 1.83 bits per heavy atom. The lowest BCUT2D eigenvalue weighted by atomic mass is 9.43. The second-order valence-corrected chi connectivity index (χ2v) is 11.8. The summed E-state index contributed by atoms with van der Waals surface area (Å²) in [6.07, 6.45) is 2.97. The number of amides is 2. The number of rotatable bonds is 8. The van der Waals surface area contributed by atoms with Gasteiger partial charge in [0.2, 0.25) is 5.91 Å². The summed E-state index contributed by atoms with van der Waals surface area (Å²) in [5.74, 6) is 0.615. The van der Waals surface area contributed by atoms with Crippen molar-refractivity contribution in [3.8, 4) is 0 Å². The molecule has 0 unspecified atom stereocenters. The minimum Gasteiger partial charge on any atom is -0.404 e. The fraction of sp³-hybridized carbons (Fsp3) is 0.692. The molecule has 5 rings (SSSR count). The van der Waals surface area contributed by atoms with Gasteiger partial charge in [-0.15, -0.1) is 12.4 Å². The van der Waals surface area contributed by atoms with Crippen LogP contribution in [0.3, 0.4) is 0 Å². The summed E-state index contributed by atoms with van der Waals surface area (Å²) >= 11 is 0. The van der Waals surface area contributed by atoms with Gasteiger partial charge >= 0.3 is 7.12 Å². The van der Waals surface area contributed by atoms with Gasteiger partial charge in [0.15, 0.2) is 0 Å². The lowest BCUT2D eigenvalue weighted by molar-refractivity contribution is -0.199. The van der Waals surface area contributed by atoms with E-state index in [0.717, 1.165) is 18.4 Å². The number of hydrogen-bond acceptors (Lipinski definition) is 5. The summed E-state index contributed by atoms with van der Waals surface area (Å²) in [4.78, 5) is 25.3. The fourth-order valence-corrected chi connectivity index (χ4v) is 6.21. The Hall–Kier alpha value is -1.61. The van der Waals surface area contributed by atoms with E-state index in [1.165, 1.54) is 6.42 Å². The van der Waals surface area contributed by atoms with E-state index in [-0.39, 0.29) is 53.8 Å². The van der Waals surface area contributed by atoms with Crippen molar-refractivity contribution in [1.29, 1.82) is 0 Å². The van der Waals surface area contributed by atoms with Crippen LogP contribution in [0.2, 0.25) is 0 Å². The summed E-state index contributed by atoms with van der Waals surface area (Å²) in [7, 11) is -0.495. The summed E-state index contributed by atoms with van der Waals surface area (Å²) < 4.78 is 13.0. The van der Waals surface area contributed by atoms with Gasteiger partial charge in [-0.1, -0.05) is 45.4 Å². The van der Waals surface area contributed by atoms with Crippen molar-refractivity contribution in [2.75, 3.05) is 6.54 Å². The summed E-state index contributed by atoms with van der Waals surface area (Å²) in [5.41, 5.74) is 7.70. The first kappa shape index (κ1) is 28.0. The summed E-state index contributed by atoms with van der Waals surface area (Å²) in [5, 5.41) is 5.83. The van der Waals surface area contributed by atoms with E-state index >= 15 is 0 Å². The van der Waals surface area contributed by atoms with Crippen LogP contribution in [0.15, 0.2) is 24.3 Å². The topological polar surface area (TPSA) is 103 Å². The molecule has 1 aliphatic heterocycles. The van der Waals surface area contributed by atoms with Crippen molar-refractivity contribution in [2.45, 2.75) is 84.5 Å². The van der Waals surface area contributed by atoms with Crippen molar-refractivity contribution >= 4 is 31.3 Å². The second-order valence-electron chi connectivity index (χ2n) is 11.8. The molecule has 35 heavy (non-hydrogen) atoms. The highest BCUT2D eigenvalue weighted by Gasteiger charge is 2.68. The third-order valence-electron chi connectivity index (χ3n) is 8.48. The van der Waals surface area contributed by atoms with Crippen LogP contribution >= 0.6 is 12.4 Å². The van der Waals surface area contributed by atoms with Crippen molar-refractivity contribution in [1.82, 2.24) is 10.6 Å². The van der Waals surface area contributed by atoms with Crippen molar-refractivity contribution in [3.63, 3.8) is 0 Å². The molecule has 0 aromatic heterocycles. The first-order chi connectivity index (χ1) is 15.9. The van der Waals surface area contributed by atoms with E-state index in [1.54, 1.807) is 12.1 Å². The average Bonchev–Trinajstić information content (AvgIpc) is 3.13. The average molecular weight is 506 g/mol. The maximum atomic E-state index is 13.0. The molecule has 3 aliphatic carbocycles. The molecular weight excluding hydrogens is 465 g/mol. The maximum Gasteiger partial charge on any atom is 0.481 e. The Morgan fingerprint density at radius 3 is 2.43 bits per heavy atom. The van der Waals surface area contributed by atoms with Crippen molar-refractivity contribution in [2.24, 2.45) is 28.9 Å². The molecule has 4 N–H and O–H groups in total. The van der Waals surface area contributed by atoms with E-state index in [0.29, 0.717) is 23.3 Å². The van der Waals surface area contributed by atoms with Gasteiger partial charge < -0.3 is 25.7 Å². The van der Waals surface area contributed by atoms with Crippen molar-refractivity contribution in [3.05, 3.63) is 35.4 Å². The smallest absolute Gasteiger partial charge is 0.404 e. The summed E-state index contributed by atoms with van der Waals surface area (Å²) in [6.45, 7) is 13.1. The molecular formula is C26H41BClN3O4. The third kappa shape index (κ3) is 5.41. The molecule has 6 atom stereocenters. The number of benzene rings is 1. The highest BCUT2D eigenvalue weighted by atomic mass is 35.5. The molecule has 1 saturated heterocycles. The zero-order chi connectivity index (χ0) is 24.8. The summed E-state index contributed by atoms with van der Waals surface area (Å²) in [6, 6.07) is 6.41. The minimum atomic E-state index is -0.866. The molecule has 9 heteroatoms. The zero-order valence-corrected chi connectivity index (χ0v) is 22.6. The SMILES string of the molecule is Cc1ccc(C(=O)NC[C@H](N)C(=O)N[C@@H](CC(C)C)B2O[C@@H]3C[C@@H]4C[C@@H](C4(C)C)[C@]3(C)O2)cc1.Cl. The lowest BCUT2D eigenvalue weighted by Crippen LogP contribution is -2.65. The minimum absolute atomic E-state index is 0.